The molecule has 3 rings (SSSR count). The average Bonchev–Trinajstić information content (AvgIpc) is 3.08. The Balaban J connectivity index is 1.99. The van der Waals surface area contributed by atoms with Crippen molar-refractivity contribution in [1.82, 2.24) is 15.1 Å². The molecule has 5 nitrogen and oxygen atoms in total. The van der Waals surface area contributed by atoms with Crippen molar-refractivity contribution in [1.29, 1.82) is 0 Å². The highest BCUT2D eigenvalue weighted by Crippen LogP contribution is 2.30. The van der Waals surface area contributed by atoms with Crippen LogP contribution in [0.2, 0.25) is 5.02 Å². The van der Waals surface area contributed by atoms with Gasteiger partial charge in [-0.2, -0.15) is 4.98 Å². The smallest absolute Gasteiger partial charge is 0.270 e. The molecule has 3 aromatic rings. The third-order valence-corrected chi connectivity index (χ3v) is 4.27. The van der Waals surface area contributed by atoms with E-state index >= 15 is 0 Å². The molecule has 0 saturated heterocycles. The Hall–Kier alpha value is -1.83. The Kier molecular flexibility index (Phi) is 3.71. The van der Waals surface area contributed by atoms with E-state index in [9.17, 15) is 4.39 Å². The molecule has 0 aliphatic heterocycles. The second-order valence-electron chi connectivity index (χ2n) is 4.28. The number of hydrogen-bond donors (Lipinski definition) is 1. The third kappa shape index (κ3) is 2.67. The fourth-order valence-electron chi connectivity index (χ4n) is 1.81. The summed E-state index contributed by atoms with van der Waals surface area (Å²) >= 11 is 7.16. The van der Waals surface area contributed by atoms with Gasteiger partial charge in [0, 0.05) is 12.1 Å². The van der Waals surface area contributed by atoms with Crippen molar-refractivity contribution in [3.8, 4) is 22.2 Å². The zero-order valence-corrected chi connectivity index (χ0v) is 12.5. The fraction of sp³-hybridized carbons (Fsp3) is 0.154. The summed E-state index contributed by atoms with van der Waals surface area (Å²) < 4.78 is 18.4. The van der Waals surface area contributed by atoms with Crippen LogP contribution < -0.4 is 5.73 Å². The van der Waals surface area contributed by atoms with Gasteiger partial charge in [0.25, 0.3) is 5.89 Å². The number of aryl methyl sites for hydroxylation is 1. The number of nitrogens with two attached hydrogens (primary N) is 1. The molecule has 0 fully saturated rings. The molecule has 21 heavy (non-hydrogen) atoms. The number of thiazole rings is 1. The second kappa shape index (κ2) is 5.51. The van der Waals surface area contributed by atoms with Crippen LogP contribution in [-0.4, -0.2) is 15.1 Å². The molecular formula is C13H10ClFN4OS. The van der Waals surface area contributed by atoms with Crippen LogP contribution in [0, 0.1) is 12.7 Å². The monoisotopic (exact) mass is 324 g/mol. The molecule has 0 atom stereocenters. The van der Waals surface area contributed by atoms with Crippen LogP contribution in [0.3, 0.4) is 0 Å². The number of hydrogen-bond acceptors (Lipinski definition) is 6. The number of nitrogens with zero attached hydrogens (tertiary/aromatic N) is 3. The molecule has 2 N–H and O–H groups in total. The summed E-state index contributed by atoms with van der Waals surface area (Å²) in [5.41, 5.74) is 6.93. The average molecular weight is 325 g/mol. The van der Waals surface area contributed by atoms with Gasteiger partial charge in [0.1, 0.15) is 15.7 Å². The molecule has 8 heteroatoms. The topological polar surface area (TPSA) is 77.8 Å². The van der Waals surface area contributed by atoms with Crippen molar-refractivity contribution in [2.24, 2.45) is 5.73 Å². The normalized spacial score (nSPS) is 11.0. The zero-order valence-electron chi connectivity index (χ0n) is 10.9. The Labute approximate surface area is 128 Å². The van der Waals surface area contributed by atoms with Crippen LogP contribution in [0.1, 0.15) is 10.7 Å². The Bertz CT molecular complexity index is 801. The zero-order chi connectivity index (χ0) is 15.0. The lowest BCUT2D eigenvalue weighted by Gasteiger charge is -1.96. The number of rotatable bonds is 3. The second-order valence-corrected chi connectivity index (χ2v) is 5.77. The first-order valence-electron chi connectivity index (χ1n) is 6.04. The highest BCUT2D eigenvalue weighted by atomic mass is 35.5. The van der Waals surface area contributed by atoms with Crippen LogP contribution in [0.25, 0.3) is 22.2 Å². The van der Waals surface area contributed by atoms with Crippen molar-refractivity contribution in [2.45, 2.75) is 13.5 Å². The molecule has 0 aliphatic carbocycles. The Morgan fingerprint density at radius 1 is 1.38 bits per heavy atom. The standard InChI is InChI=1S/C13H10ClFN4OS/c1-6-11(21-10(5-16)17-6)13-18-12(19-20-13)7-2-3-9(15)8(14)4-7/h2-4H,5,16H2,1H3. The van der Waals surface area contributed by atoms with Gasteiger partial charge in [0.15, 0.2) is 0 Å². The van der Waals surface area contributed by atoms with Gasteiger partial charge in [-0.1, -0.05) is 16.8 Å². The summed E-state index contributed by atoms with van der Waals surface area (Å²) in [6, 6.07) is 4.26. The first-order valence-corrected chi connectivity index (χ1v) is 7.24. The molecule has 108 valence electrons. The van der Waals surface area contributed by atoms with Gasteiger partial charge >= 0.3 is 0 Å². The summed E-state index contributed by atoms with van der Waals surface area (Å²) in [7, 11) is 0. The molecule has 0 unspecified atom stereocenters. The molecule has 0 radical (unpaired) electrons. The molecule has 0 saturated carbocycles. The molecule has 0 spiro atoms. The van der Waals surface area contributed by atoms with Gasteiger partial charge in [-0.3, -0.25) is 0 Å². The van der Waals surface area contributed by atoms with E-state index in [2.05, 4.69) is 15.1 Å². The predicted octanol–water partition coefficient (Wildman–Crippen LogP) is 3.42. The van der Waals surface area contributed by atoms with Crippen LogP contribution in [0.5, 0.6) is 0 Å². The van der Waals surface area contributed by atoms with Crippen molar-refractivity contribution in [3.05, 3.63) is 39.7 Å². The lowest BCUT2D eigenvalue weighted by atomic mass is 10.2. The van der Waals surface area contributed by atoms with Crippen molar-refractivity contribution < 1.29 is 8.91 Å². The van der Waals surface area contributed by atoms with Crippen molar-refractivity contribution in [3.63, 3.8) is 0 Å². The SMILES string of the molecule is Cc1nc(CN)sc1-c1nc(-c2ccc(F)c(Cl)c2)no1. The third-order valence-electron chi connectivity index (χ3n) is 2.81. The van der Waals surface area contributed by atoms with Gasteiger partial charge in [-0.25, -0.2) is 9.37 Å². The lowest BCUT2D eigenvalue weighted by Crippen LogP contribution is -1.94. The summed E-state index contributed by atoms with van der Waals surface area (Å²) in [6.45, 7) is 2.21. The van der Waals surface area contributed by atoms with Gasteiger partial charge in [0.2, 0.25) is 5.82 Å². The molecule has 2 aromatic heterocycles. The van der Waals surface area contributed by atoms with Crippen LogP contribution in [0.4, 0.5) is 4.39 Å². The van der Waals surface area contributed by atoms with E-state index in [4.69, 9.17) is 21.9 Å². The summed E-state index contributed by atoms with van der Waals surface area (Å²) in [5, 5.41) is 4.70. The largest absolute Gasteiger partial charge is 0.333 e. The number of halogens is 2. The minimum absolute atomic E-state index is 0.0123. The van der Waals surface area contributed by atoms with E-state index in [0.717, 1.165) is 15.6 Å². The van der Waals surface area contributed by atoms with E-state index in [0.29, 0.717) is 23.8 Å². The van der Waals surface area contributed by atoms with Gasteiger partial charge in [-0.05, 0) is 25.1 Å². The summed E-state index contributed by atoms with van der Waals surface area (Å²) in [4.78, 5) is 9.39. The maximum atomic E-state index is 13.2. The Morgan fingerprint density at radius 3 is 2.86 bits per heavy atom. The fourth-order valence-corrected chi connectivity index (χ4v) is 2.85. The molecule has 1 aromatic carbocycles. The van der Waals surface area contributed by atoms with E-state index in [1.807, 2.05) is 6.92 Å². The van der Waals surface area contributed by atoms with E-state index < -0.39 is 5.82 Å². The highest BCUT2D eigenvalue weighted by Gasteiger charge is 2.17. The summed E-state index contributed by atoms with van der Waals surface area (Å²) in [6.07, 6.45) is 0. The van der Waals surface area contributed by atoms with E-state index in [1.54, 1.807) is 6.07 Å². The minimum atomic E-state index is -0.491. The maximum absolute atomic E-state index is 13.2. The molecule has 0 bridgehead atoms. The first kappa shape index (κ1) is 14.1. The van der Waals surface area contributed by atoms with E-state index in [-0.39, 0.29) is 5.02 Å². The predicted molar refractivity (Wildman–Crippen MR) is 78.4 cm³/mol. The van der Waals surface area contributed by atoms with Gasteiger partial charge < -0.3 is 10.3 Å². The van der Waals surface area contributed by atoms with Gasteiger partial charge in [-0.15, -0.1) is 11.3 Å². The van der Waals surface area contributed by atoms with Crippen molar-refractivity contribution in [2.75, 3.05) is 0 Å². The summed E-state index contributed by atoms with van der Waals surface area (Å²) in [5.74, 6) is 0.212. The van der Waals surface area contributed by atoms with Gasteiger partial charge in [0.05, 0.1) is 10.7 Å². The quantitative estimate of drug-likeness (QED) is 0.798. The van der Waals surface area contributed by atoms with Crippen LogP contribution in [0.15, 0.2) is 22.7 Å². The highest BCUT2D eigenvalue weighted by molar-refractivity contribution is 7.15. The molecule has 0 amide bonds. The minimum Gasteiger partial charge on any atom is -0.333 e. The molecular weight excluding hydrogens is 315 g/mol. The lowest BCUT2D eigenvalue weighted by molar-refractivity contribution is 0.433. The molecule has 0 aliphatic rings. The first-order chi connectivity index (χ1) is 10.1. The number of benzene rings is 1. The van der Waals surface area contributed by atoms with E-state index in [1.165, 1.54) is 23.5 Å². The molecule has 2 heterocycles. The van der Waals surface area contributed by atoms with Crippen LogP contribution in [-0.2, 0) is 6.54 Å². The number of aromatic nitrogens is 3. The maximum Gasteiger partial charge on any atom is 0.270 e. The van der Waals surface area contributed by atoms with Crippen molar-refractivity contribution >= 4 is 22.9 Å². The van der Waals surface area contributed by atoms with Crippen LogP contribution >= 0.6 is 22.9 Å². The Morgan fingerprint density at radius 2 is 2.19 bits per heavy atom.